The van der Waals surface area contributed by atoms with E-state index in [0.717, 1.165) is 32.1 Å². The first-order valence-corrected chi connectivity index (χ1v) is 14.8. The Kier molecular flexibility index (Phi) is 14.3. The van der Waals surface area contributed by atoms with Gasteiger partial charge >= 0.3 is 6.09 Å². The van der Waals surface area contributed by atoms with Crippen LogP contribution in [-0.2, 0) is 14.3 Å². The van der Waals surface area contributed by atoms with Crippen molar-refractivity contribution < 1.29 is 19.1 Å². The summed E-state index contributed by atoms with van der Waals surface area (Å²) < 4.78 is 5.48. The molecule has 2 unspecified atom stereocenters. The second kappa shape index (κ2) is 16.3. The molecule has 0 fully saturated rings. The van der Waals surface area contributed by atoms with Crippen LogP contribution in [0.3, 0.4) is 0 Å². The molecule has 3 amide bonds. The van der Waals surface area contributed by atoms with Crippen LogP contribution in [-0.4, -0.2) is 46.5 Å². The Bertz CT molecular complexity index is 998. The molecule has 1 aromatic carbocycles. The summed E-state index contributed by atoms with van der Waals surface area (Å²) in [5, 5.41) is 5.86. The average Bonchev–Trinajstić information content (AvgIpc) is 2.82. The van der Waals surface area contributed by atoms with Gasteiger partial charge in [-0.25, -0.2) is 4.79 Å². The molecule has 1 rings (SSSR count). The predicted molar refractivity (Wildman–Crippen MR) is 163 cm³/mol. The molecular weight excluding hydrogens is 502 g/mol. The van der Waals surface area contributed by atoms with Crippen LogP contribution in [0.2, 0.25) is 0 Å². The lowest BCUT2D eigenvalue weighted by Gasteiger charge is -2.36. The molecule has 0 aliphatic heterocycles. The Labute approximate surface area is 243 Å². The molecule has 0 aliphatic carbocycles. The number of hydrogen-bond donors (Lipinski definition) is 2. The minimum atomic E-state index is -0.954. The molecule has 7 heteroatoms. The molecule has 0 bridgehead atoms. The largest absolute Gasteiger partial charge is 0.444 e. The van der Waals surface area contributed by atoms with Crippen LogP contribution in [0.1, 0.15) is 124 Å². The number of amides is 3. The van der Waals surface area contributed by atoms with E-state index in [0.29, 0.717) is 24.1 Å². The van der Waals surface area contributed by atoms with Gasteiger partial charge in [0.25, 0.3) is 0 Å². The van der Waals surface area contributed by atoms with Gasteiger partial charge in [-0.2, -0.15) is 0 Å². The molecule has 0 spiro atoms. The third-order valence-electron chi connectivity index (χ3n) is 6.20. The van der Waals surface area contributed by atoms with Crippen molar-refractivity contribution in [3.8, 4) is 12.3 Å². The van der Waals surface area contributed by atoms with Gasteiger partial charge in [0.05, 0.1) is 0 Å². The number of carbonyl (C=O) groups is 3. The Morgan fingerprint density at radius 2 is 1.57 bits per heavy atom. The fourth-order valence-electron chi connectivity index (χ4n) is 4.53. The van der Waals surface area contributed by atoms with Crippen LogP contribution in [0, 0.1) is 18.3 Å². The van der Waals surface area contributed by atoms with E-state index in [4.69, 9.17) is 11.2 Å². The topological polar surface area (TPSA) is 87.7 Å². The van der Waals surface area contributed by atoms with Crippen LogP contribution in [0.15, 0.2) is 24.3 Å². The fraction of sp³-hybridized carbons (Fsp3) is 0.667. The van der Waals surface area contributed by atoms with Gasteiger partial charge in [-0.1, -0.05) is 77.0 Å². The summed E-state index contributed by atoms with van der Waals surface area (Å²) in [6, 6.07) is 5.42. The zero-order valence-corrected chi connectivity index (χ0v) is 26.4. The van der Waals surface area contributed by atoms with Crippen molar-refractivity contribution in [3.05, 3.63) is 35.4 Å². The number of rotatable bonds is 14. The van der Waals surface area contributed by atoms with Gasteiger partial charge in [0.1, 0.15) is 17.7 Å². The number of alkyl carbamates (subject to hydrolysis) is 1. The maximum atomic E-state index is 14.4. The first-order chi connectivity index (χ1) is 18.6. The summed E-state index contributed by atoms with van der Waals surface area (Å²) in [5.41, 5.74) is -0.0971. The van der Waals surface area contributed by atoms with E-state index < -0.39 is 29.3 Å². The Balaban J connectivity index is 3.57. The van der Waals surface area contributed by atoms with Gasteiger partial charge in [0.2, 0.25) is 11.8 Å². The summed E-state index contributed by atoms with van der Waals surface area (Å²) in [4.78, 5) is 42.7. The molecular formula is C33H53N3O4. The van der Waals surface area contributed by atoms with E-state index in [1.165, 1.54) is 6.42 Å². The SMILES string of the molecule is C#Cc1ccccc1C(C(=O)NC(C)(C)C)N(CCCCCCCC)C(=O)C(CC(C)C)NC(=O)OC(C)(C)C. The highest BCUT2D eigenvalue weighted by Gasteiger charge is 2.38. The van der Waals surface area contributed by atoms with Gasteiger partial charge in [0, 0.05) is 17.6 Å². The molecule has 1 aromatic rings. The third-order valence-corrected chi connectivity index (χ3v) is 6.20. The number of ether oxygens (including phenoxy) is 1. The smallest absolute Gasteiger partial charge is 0.408 e. The lowest BCUT2D eigenvalue weighted by Crippen LogP contribution is -2.55. The third kappa shape index (κ3) is 12.9. The molecule has 0 radical (unpaired) electrons. The zero-order valence-electron chi connectivity index (χ0n) is 26.4. The van der Waals surface area contributed by atoms with Crippen LogP contribution in [0.25, 0.3) is 0 Å². The summed E-state index contributed by atoms with van der Waals surface area (Å²) in [5.74, 6) is 2.17. The molecule has 7 nitrogen and oxygen atoms in total. The number of nitrogens with zero attached hydrogens (tertiary/aromatic N) is 1. The van der Waals surface area contributed by atoms with Crippen LogP contribution < -0.4 is 10.6 Å². The predicted octanol–water partition coefficient (Wildman–Crippen LogP) is 6.75. The van der Waals surface area contributed by atoms with Crippen molar-refractivity contribution in [2.75, 3.05) is 6.54 Å². The molecule has 2 atom stereocenters. The number of benzene rings is 1. The number of unbranched alkanes of at least 4 members (excludes halogenated alkanes) is 5. The standard InChI is InChI=1S/C33H53N3O4/c1-11-13-14-15-16-19-22-36(30(38)27(23-24(3)4)34-31(39)40-33(8,9)10)28(29(37)35-32(5,6)7)26-21-18-17-20-25(26)12-2/h2,17-18,20-21,24,27-28H,11,13-16,19,22-23H2,1,3-10H3,(H,34,39)(H,35,37). The number of hydrogen-bond acceptors (Lipinski definition) is 4. The molecule has 0 aromatic heterocycles. The number of terminal acetylenes is 1. The maximum absolute atomic E-state index is 14.4. The quantitative estimate of drug-likeness (QED) is 0.196. The van der Waals surface area contributed by atoms with E-state index in [9.17, 15) is 14.4 Å². The van der Waals surface area contributed by atoms with E-state index in [-0.39, 0.29) is 17.7 Å². The second-order valence-electron chi connectivity index (χ2n) is 13.0. The van der Waals surface area contributed by atoms with Crippen molar-refractivity contribution in [1.29, 1.82) is 0 Å². The van der Waals surface area contributed by atoms with Crippen molar-refractivity contribution in [2.45, 2.75) is 130 Å². The van der Waals surface area contributed by atoms with Gasteiger partial charge in [0.15, 0.2) is 0 Å². The molecule has 40 heavy (non-hydrogen) atoms. The fourth-order valence-corrected chi connectivity index (χ4v) is 4.53. The van der Waals surface area contributed by atoms with E-state index in [1.54, 1.807) is 31.7 Å². The van der Waals surface area contributed by atoms with Crippen LogP contribution in [0.4, 0.5) is 4.79 Å². The highest BCUT2D eigenvalue weighted by atomic mass is 16.6. The number of carbonyl (C=O) groups excluding carboxylic acids is 3. The highest BCUT2D eigenvalue weighted by Crippen LogP contribution is 2.28. The van der Waals surface area contributed by atoms with Crippen molar-refractivity contribution in [1.82, 2.24) is 15.5 Å². The average molecular weight is 556 g/mol. The minimum Gasteiger partial charge on any atom is -0.444 e. The highest BCUT2D eigenvalue weighted by molar-refractivity contribution is 5.92. The molecule has 0 heterocycles. The van der Waals surface area contributed by atoms with Crippen LogP contribution in [0.5, 0.6) is 0 Å². The molecule has 0 saturated heterocycles. The first-order valence-electron chi connectivity index (χ1n) is 14.8. The van der Waals surface area contributed by atoms with E-state index >= 15 is 0 Å². The van der Waals surface area contributed by atoms with Crippen molar-refractivity contribution in [3.63, 3.8) is 0 Å². The molecule has 224 valence electrons. The summed E-state index contributed by atoms with van der Waals surface area (Å²) in [6.45, 7) is 17.6. The van der Waals surface area contributed by atoms with Gasteiger partial charge in [-0.15, -0.1) is 6.42 Å². The van der Waals surface area contributed by atoms with Gasteiger partial charge < -0.3 is 20.3 Å². The minimum absolute atomic E-state index is 0.111. The van der Waals surface area contributed by atoms with Crippen LogP contribution >= 0.6 is 0 Å². The molecule has 2 N–H and O–H groups in total. The molecule has 0 aliphatic rings. The van der Waals surface area contributed by atoms with E-state index in [1.807, 2.05) is 52.8 Å². The summed E-state index contributed by atoms with van der Waals surface area (Å²) in [6.07, 6.45) is 11.8. The summed E-state index contributed by atoms with van der Waals surface area (Å²) >= 11 is 0. The lowest BCUT2D eigenvalue weighted by molar-refractivity contribution is -0.143. The van der Waals surface area contributed by atoms with Gasteiger partial charge in [-0.3, -0.25) is 9.59 Å². The zero-order chi connectivity index (χ0) is 30.5. The van der Waals surface area contributed by atoms with Crippen molar-refractivity contribution in [2.24, 2.45) is 5.92 Å². The Morgan fingerprint density at radius 3 is 2.12 bits per heavy atom. The number of nitrogens with one attached hydrogen (secondary N) is 2. The second-order valence-corrected chi connectivity index (χ2v) is 13.0. The van der Waals surface area contributed by atoms with E-state index in [2.05, 4.69) is 23.5 Å². The van der Waals surface area contributed by atoms with Gasteiger partial charge in [-0.05, 0) is 71.9 Å². The maximum Gasteiger partial charge on any atom is 0.408 e. The van der Waals surface area contributed by atoms with Crippen molar-refractivity contribution >= 4 is 17.9 Å². The Hall–Kier alpha value is -3.01. The molecule has 0 saturated carbocycles. The Morgan fingerprint density at radius 1 is 0.975 bits per heavy atom. The normalized spacial score (nSPS) is 13.2. The first kappa shape index (κ1) is 35.0. The lowest BCUT2D eigenvalue weighted by atomic mass is 9.95. The summed E-state index contributed by atoms with van der Waals surface area (Å²) in [7, 11) is 0. The monoisotopic (exact) mass is 555 g/mol.